The van der Waals surface area contributed by atoms with E-state index in [1.54, 1.807) is 31.2 Å². The Morgan fingerprint density at radius 2 is 1.84 bits per heavy atom. The zero-order chi connectivity index (χ0) is 17.3. The van der Waals surface area contributed by atoms with Gasteiger partial charge in [0.25, 0.3) is 0 Å². The molecule has 2 bridgehead atoms. The van der Waals surface area contributed by atoms with E-state index in [0.717, 1.165) is 24.8 Å². The molecule has 0 radical (unpaired) electrons. The summed E-state index contributed by atoms with van der Waals surface area (Å²) in [4.78, 5) is 12.7. The van der Waals surface area contributed by atoms with Gasteiger partial charge in [-0.3, -0.25) is 4.79 Å². The van der Waals surface area contributed by atoms with Crippen LogP contribution in [0.1, 0.15) is 31.7 Å². The summed E-state index contributed by atoms with van der Waals surface area (Å²) in [6.45, 7) is 2.48. The molecule has 2 fully saturated rings. The lowest BCUT2D eigenvalue weighted by Gasteiger charge is -2.27. The van der Waals surface area contributed by atoms with Gasteiger partial charge in [-0.1, -0.05) is 19.1 Å². The second-order valence-electron chi connectivity index (χ2n) is 6.80. The number of nitrogens with one attached hydrogen (secondary N) is 2. The van der Waals surface area contributed by atoms with Crippen molar-refractivity contribution in [2.75, 3.05) is 6.54 Å². The van der Waals surface area contributed by atoms with E-state index < -0.39 is 10.0 Å². The van der Waals surface area contributed by atoms with Crippen molar-refractivity contribution in [1.29, 1.82) is 0 Å². The zero-order valence-corrected chi connectivity index (χ0v) is 15.9. The van der Waals surface area contributed by atoms with Crippen LogP contribution < -0.4 is 15.8 Å². The summed E-state index contributed by atoms with van der Waals surface area (Å²) in [6, 6.07) is 6.55. The molecule has 0 heterocycles. The third-order valence-electron chi connectivity index (χ3n) is 5.32. The summed E-state index contributed by atoms with van der Waals surface area (Å²) in [6.07, 6.45) is 3.33. The molecule has 4 atom stereocenters. The van der Waals surface area contributed by atoms with Crippen molar-refractivity contribution in [3.63, 3.8) is 0 Å². The summed E-state index contributed by atoms with van der Waals surface area (Å²) in [5.74, 6) is 0.884. The molecule has 0 aliphatic heterocycles. The van der Waals surface area contributed by atoms with Gasteiger partial charge in [0.05, 0.1) is 10.8 Å². The smallest absolute Gasteiger partial charge is 0.240 e. The van der Waals surface area contributed by atoms with Gasteiger partial charge in [0, 0.05) is 19.1 Å². The van der Waals surface area contributed by atoms with Crippen molar-refractivity contribution in [3.05, 3.63) is 29.8 Å². The number of carbonyl (C=O) groups excluding carboxylic acids is 1. The van der Waals surface area contributed by atoms with Gasteiger partial charge in [-0.05, 0) is 48.8 Å². The number of halogens is 1. The second-order valence-corrected chi connectivity index (χ2v) is 8.57. The summed E-state index contributed by atoms with van der Waals surface area (Å²) in [5.41, 5.74) is 7.07. The fourth-order valence-electron chi connectivity index (χ4n) is 4.09. The Balaban J connectivity index is 0.00000225. The average molecular weight is 388 g/mol. The molecule has 1 aromatic rings. The molecule has 0 saturated heterocycles. The van der Waals surface area contributed by atoms with Crippen LogP contribution in [-0.4, -0.2) is 26.9 Å². The molecule has 0 spiro atoms. The summed E-state index contributed by atoms with van der Waals surface area (Å²) in [7, 11) is -3.44. The van der Waals surface area contributed by atoms with E-state index in [4.69, 9.17) is 5.73 Å². The van der Waals surface area contributed by atoms with Gasteiger partial charge in [-0.15, -0.1) is 12.4 Å². The number of amides is 1. The van der Waals surface area contributed by atoms with Gasteiger partial charge in [0.2, 0.25) is 15.9 Å². The maximum atomic E-state index is 12.4. The van der Waals surface area contributed by atoms with E-state index in [9.17, 15) is 13.2 Å². The molecule has 3 rings (SSSR count). The molecule has 25 heavy (non-hydrogen) atoms. The third kappa shape index (κ3) is 4.16. The first kappa shape index (κ1) is 20.2. The van der Waals surface area contributed by atoms with E-state index in [-0.39, 0.29) is 35.2 Å². The Morgan fingerprint density at radius 3 is 2.40 bits per heavy atom. The third-order valence-corrected chi connectivity index (χ3v) is 6.88. The minimum atomic E-state index is -3.44. The van der Waals surface area contributed by atoms with Gasteiger partial charge in [0.15, 0.2) is 0 Å². The number of fused-ring (bicyclic) bond motifs is 2. The molecule has 4 unspecified atom stereocenters. The normalized spacial score (nSPS) is 27.8. The Kier molecular flexibility index (Phi) is 6.48. The van der Waals surface area contributed by atoms with Gasteiger partial charge < -0.3 is 11.1 Å². The van der Waals surface area contributed by atoms with E-state index >= 15 is 0 Å². The minimum Gasteiger partial charge on any atom is -0.352 e. The lowest BCUT2D eigenvalue weighted by atomic mass is 9.84. The molecule has 2 aliphatic rings. The molecule has 0 aromatic heterocycles. The molecule has 1 amide bonds. The first-order chi connectivity index (χ1) is 11.4. The van der Waals surface area contributed by atoms with Crippen LogP contribution in [0.4, 0.5) is 0 Å². The predicted octanol–water partition coefficient (Wildman–Crippen LogP) is 1.40. The fraction of sp³-hybridized carbons (Fsp3) is 0.588. The Morgan fingerprint density at radius 1 is 1.20 bits per heavy atom. The van der Waals surface area contributed by atoms with Crippen molar-refractivity contribution in [2.45, 2.75) is 43.7 Å². The maximum absolute atomic E-state index is 12.4. The fourth-order valence-corrected chi connectivity index (χ4v) is 5.13. The van der Waals surface area contributed by atoms with Crippen LogP contribution in [-0.2, 0) is 21.4 Å². The summed E-state index contributed by atoms with van der Waals surface area (Å²) < 4.78 is 26.3. The van der Waals surface area contributed by atoms with Crippen LogP contribution in [0.5, 0.6) is 0 Å². The molecule has 6 nitrogen and oxygen atoms in total. The summed E-state index contributed by atoms with van der Waals surface area (Å²) in [5, 5.41) is 2.96. The van der Waals surface area contributed by atoms with Crippen molar-refractivity contribution in [1.82, 2.24) is 10.0 Å². The lowest BCUT2D eigenvalue weighted by Crippen LogP contribution is -2.45. The Labute approximate surface area is 155 Å². The number of nitrogens with two attached hydrogens (primary N) is 1. The predicted molar refractivity (Wildman–Crippen MR) is 98.7 cm³/mol. The average Bonchev–Trinajstić information content (AvgIpc) is 3.14. The van der Waals surface area contributed by atoms with Crippen LogP contribution in [0.2, 0.25) is 0 Å². The van der Waals surface area contributed by atoms with E-state index in [0.29, 0.717) is 24.9 Å². The number of hydrogen-bond donors (Lipinski definition) is 3. The molecular formula is C17H26ClN3O3S. The molecule has 1 aromatic carbocycles. The highest BCUT2D eigenvalue weighted by molar-refractivity contribution is 7.89. The van der Waals surface area contributed by atoms with Crippen LogP contribution in [0.3, 0.4) is 0 Å². The molecule has 2 saturated carbocycles. The second kappa shape index (κ2) is 8.03. The van der Waals surface area contributed by atoms with Crippen molar-refractivity contribution < 1.29 is 13.2 Å². The number of carbonyl (C=O) groups is 1. The quantitative estimate of drug-likeness (QED) is 0.686. The van der Waals surface area contributed by atoms with Crippen LogP contribution in [0.15, 0.2) is 29.2 Å². The van der Waals surface area contributed by atoms with Crippen LogP contribution in [0, 0.1) is 17.8 Å². The van der Waals surface area contributed by atoms with Crippen LogP contribution >= 0.6 is 12.4 Å². The van der Waals surface area contributed by atoms with E-state index in [1.165, 1.54) is 0 Å². The number of benzene rings is 1. The minimum absolute atomic E-state index is 0. The van der Waals surface area contributed by atoms with Gasteiger partial charge in [-0.25, -0.2) is 13.1 Å². The van der Waals surface area contributed by atoms with Crippen molar-refractivity contribution in [3.8, 4) is 0 Å². The highest BCUT2D eigenvalue weighted by atomic mass is 35.5. The van der Waals surface area contributed by atoms with Crippen molar-refractivity contribution in [2.24, 2.45) is 23.5 Å². The SMILES string of the molecule is CCNS(=O)(=O)c1ccc(CNC(=O)C2C3CCC(C3)C2N)cc1.Cl. The first-order valence-electron chi connectivity index (χ1n) is 8.54. The largest absolute Gasteiger partial charge is 0.352 e. The van der Waals surface area contributed by atoms with E-state index in [2.05, 4.69) is 10.0 Å². The number of rotatable bonds is 6. The monoisotopic (exact) mass is 387 g/mol. The molecule has 140 valence electrons. The number of sulfonamides is 1. The van der Waals surface area contributed by atoms with E-state index in [1.807, 2.05) is 0 Å². The lowest BCUT2D eigenvalue weighted by molar-refractivity contribution is -0.127. The highest BCUT2D eigenvalue weighted by Gasteiger charge is 2.48. The van der Waals surface area contributed by atoms with Crippen molar-refractivity contribution >= 4 is 28.3 Å². The molecule has 2 aliphatic carbocycles. The standard InChI is InChI=1S/C17H25N3O3S.ClH/c1-2-20-24(22,23)14-7-3-11(4-8-14)10-19-17(21)15-12-5-6-13(9-12)16(15)18;/h3-4,7-8,12-13,15-16,20H,2,5-6,9-10,18H2,1H3,(H,19,21);1H. The van der Waals surface area contributed by atoms with Gasteiger partial charge in [-0.2, -0.15) is 0 Å². The molecule has 4 N–H and O–H groups in total. The summed E-state index contributed by atoms with van der Waals surface area (Å²) >= 11 is 0. The topological polar surface area (TPSA) is 101 Å². The van der Waals surface area contributed by atoms with Gasteiger partial charge in [0.1, 0.15) is 0 Å². The van der Waals surface area contributed by atoms with Crippen LogP contribution in [0.25, 0.3) is 0 Å². The number of hydrogen-bond acceptors (Lipinski definition) is 4. The maximum Gasteiger partial charge on any atom is 0.240 e. The zero-order valence-electron chi connectivity index (χ0n) is 14.3. The first-order valence-corrected chi connectivity index (χ1v) is 10.0. The Bertz CT molecular complexity index is 706. The van der Waals surface area contributed by atoms with Gasteiger partial charge >= 0.3 is 0 Å². The molecular weight excluding hydrogens is 362 g/mol. The highest BCUT2D eigenvalue weighted by Crippen LogP contribution is 2.47. The Hall–Kier alpha value is -1.15. The molecule has 8 heteroatoms.